The summed E-state index contributed by atoms with van der Waals surface area (Å²) in [5.74, 6) is -1.66. The highest BCUT2D eigenvalue weighted by Crippen LogP contribution is 2.26. The van der Waals surface area contributed by atoms with Gasteiger partial charge in [-0.15, -0.1) is 0 Å². The summed E-state index contributed by atoms with van der Waals surface area (Å²) in [6.07, 6.45) is -4.60. The molecule has 3 aromatic rings. The zero-order valence-electron chi connectivity index (χ0n) is 16.3. The van der Waals surface area contributed by atoms with Crippen molar-refractivity contribution in [3.63, 3.8) is 0 Å². The molecule has 0 aliphatic carbocycles. The summed E-state index contributed by atoms with van der Waals surface area (Å²) < 4.78 is 63.8. The molecule has 0 saturated heterocycles. The van der Waals surface area contributed by atoms with Crippen LogP contribution < -0.4 is 5.32 Å². The van der Waals surface area contributed by atoms with Crippen LogP contribution in [0.1, 0.15) is 58.0 Å². The van der Waals surface area contributed by atoms with Crippen molar-refractivity contribution in [2.24, 2.45) is 0 Å². The van der Waals surface area contributed by atoms with Crippen LogP contribution in [0.5, 0.6) is 0 Å². The molecule has 0 saturated carbocycles. The number of alkyl halides is 4. The standard InChI is InChI=1S/C18H17F4N5O4/c1-3-26-8-11(14(25-26)18(29)30-2)23-17(28)13-5-4-9(31-13)7-27-12(16(21)22)6-10(24-27)15(19)20/h4-6,8,15-16H,3,7H2,1-2H3,(H,23,28). The molecule has 166 valence electrons. The van der Waals surface area contributed by atoms with Gasteiger partial charge in [0.25, 0.3) is 18.8 Å². The van der Waals surface area contributed by atoms with Crippen molar-refractivity contribution in [3.05, 3.63) is 53.0 Å². The number of amides is 1. The number of halogens is 4. The van der Waals surface area contributed by atoms with Crippen molar-refractivity contribution in [1.29, 1.82) is 0 Å². The molecule has 0 spiro atoms. The lowest BCUT2D eigenvalue weighted by atomic mass is 10.3. The van der Waals surface area contributed by atoms with E-state index >= 15 is 0 Å². The molecule has 9 nitrogen and oxygen atoms in total. The van der Waals surface area contributed by atoms with Gasteiger partial charge in [-0.1, -0.05) is 0 Å². The molecular weight excluding hydrogens is 426 g/mol. The number of nitrogens with one attached hydrogen (secondary N) is 1. The fourth-order valence-electron chi connectivity index (χ4n) is 2.70. The normalized spacial score (nSPS) is 11.4. The van der Waals surface area contributed by atoms with Gasteiger partial charge in [-0.2, -0.15) is 10.2 Å². The molecule has 0 aromatic carbocycles. The molecule has 0 aliphatic rings. The second kappa shape index (κ2) is 9.02. The van der Waals surface area contributed by atoms with Gasteiger partial charge in [0.1, 0.15) is 17.1 Å². The van der Waals surface area contributed by atoms with Gasteiger partial charge in [0.15, 0.2) is 11.5 Å². The summed E-state index contributed by atoms with van der Waals surface area (Å²) in [6, 6.07) is 3.21. The van der Waals surface area contributed by atoms with Gasteiger partial charge in [0.05, 0.1) is 19.3 Å². The van der Waals surface area contributed by atoms with E-state index in [-0.39, 0.29) is 29.4 Å². The predicted octanol–water partition coefficient (Wildman–Crippen LogP) is 3.65. The summed E-state index contributed by atoms with van der Waals surface area (Å²) in [7, 11) is 1.17. The van der Waals surface area contributed by atoms with Crippen LogP contribution in [0.15, 0.2) is 28.8 Å². The Bertz CT molecular complexity index is 1090. The Hall–Kier alpha value is -3.64. The largest absolute Gasteiger partial charge is 0.464 e. The molecule has 31 heavy (non-hydrogen) atoms. The molecule has 3 heterocycles. The highest BCUT2D eigenvalue weighted by Gasteiger charge is 2.23. The summed E-state index contributed by atoms with van der Waals surface area (Å²) in [4.78, 5) is 24.3. The van der Waals surface area contributed by atoms with Crippen molar-refractivity contribution < 1.29 is 36.3 Å². The highest BCUT2D eigenvalue weighted by atomic mass is 19.3. The molecule has 0 fully saturated rings. The van der Waals surface area contributed by atoms with E-state index < -0.39 is 36.1 Å². The lowest BCUT2D eigenvalue weighted by molar-refractivity contribution is 0.0594. The number of carbonyl (C=O) groups excluding carboxylic acids is 2. The number of methoxy groups -OCH3 is 1. The fraction of sp³-hybridized carbons (Fsp3) is 0.333. The van der Waals surface area contributed by atoms with Crippen molar-refractivity contribution >= 4 is 17.6 Å². The Kier molecular flexibility index (Phi) is 6.42. The van der Waals surface area contributed by atoms with E-state index in [0.717, 1.165) is 0 Å². The first-order valence-corrected chi connectivity index (χ1v) is 8.93. The minimum atomic E-state index is -3.02. The van der Waals surface area contributed by atoms with Crippen molar-refractivity contribution in [1.82, 2.24) is 19.6 Å². The summed E-state index contributed by atoms with van der Waals surface area (Å²) in [6.45, 7) is 1.82. The van der Waals surface area contributed by atoms with Crippen molar-refractivity contribution in [2.45, 2.75) is 32.9 Å². The quantitative estimate of drug-likeness (QED) is 0.421. The van der Waals surface area contributed by atoms with Gasteiger partial charge in [-0.25, -0.2) is 22.4 Å². The minimum absolute atomic E-state index is 0.0356. The zero-order valence-corrected chi connectivity index (χ0v) is 16.3. The second-order valence-corrected chi connectivity index (χ2v) is 6.21. The number of hydrogen-bond acceptors (Lipinski definition) is 6. The number of nitrogens with zero attached hydrogens (tertiary/aromatic N) is 4. The topological polar surface area (TPSA) is 104 Å². The Labute approximate surface area is 172 Å². The predicted molar refractivity (Wildman–Crippen MR) is 97.1 cm³/mol. The van der Waals surface area contributed by atoms with E-state index in [0.29, 0.717) is 17.3 Å². The van der Waals surface area contributed by atoms with Crippen molar-refractivity contribution in [3.8, 4) is 0 Å². The fourth-order valence-corrected chi connectivity index (χ4v) is 2.70. The third-order valence-corrected chi connectivity index (χ3v) is 4.18. The second-order valence-electron chi connectivity index (χ2n) is 6.21. The van der Waals surface area contributed by atoms with Crippen LogP contribution in [0.25, 0.3) is 0 Å². The molecular formula is C18H17F4N5O4. The number of ether oxygens (including phenoxy) is 1. The Morgan fingerprint density at radius 2 is 1.94 bits per heavy atom. The number of furan rings is 1. The van der Waals surface area contributed by atoms with Crippen molar-refractivity contribution in [2.75, 3.05) is 12.4 Å². The van der Waals surface area contributed by atoms with Crippen LogP contribution in [0.4, 0.5) is 23.2 Å². The highest BCUT2D eigenvalue weighted by molar-refractivity contribution is 6.05. The van der Waals surface area contributed by atoms with E-state index in [1.54, 1.807) is 6.92 Å². The first kappa shape index (κ1) is 22.1. The smallest absolute Gasteiger partial charge is 0.360 e. The zero-order chi connectivity index (χ0) is 22.7. The molecule has 3 aromatic heterocycles. The molecule has 1 amide bonds. The van der Waals surface area contributed by atoms with Crippen LogP contribution in [0.3, 0.4) is 0 Å². The van der Waals surface area contributed by atoms with E-state index in [9.17, 15) is 27.2 Å². The number of aromatic nitrogens is 4. The number of hydrogen-bond donors (Lipinski definition) is 1. The molecule has 0 bridgehead atoms. The molecule has 13 heteroatoms. The third-order valence-electron chi connectivity index (χ3n) is 4.18. The maximum absolute atomic E-state index is 13.1. The van der Waals surface area contributed by atoms with Gasteiger partial charge in [0, 0.05) is 12.7 Å². The van der Waals surface area contributed by atoms with Gasteiger partial charge in [-0.3, -0.25) is 14.2 Å². The van der Waals surface area contributed by atoms with E-state index in [1.165, 1.54) is 30.1 Å². The lowest BCUT2D eigenvalue weighted by Gasteiger charge is -2.05. The third kappa shape index (κ3) is 4.75. The van der Waals surface area contributed by atoms with E-state index in [4.69, 9.17) is 4.42 Å². The number of carbonyl (C=O) groups is 2. The van der Waals surface area contributed by atoms with Crippen LogP contribution in [-0.2, 0) is 17.8 Å². The lowest BCUT2D eigenvalue weighted by Crippen LogP contribution is -2.14. The average molecular weight is 443 g/mol. The monoisotopic (exact) mass is 443 g/mol. The maximum Gasteiger partial charge on any atom is 0.360 e. The van der Waals surface area contributed by atoms with Crippen LogP contribution in [-0.4, -0.2) is 38.5 Å². The number of rotatable bonds is 8. The molecule has 0 unspecified atom stereocenters. The number of aryl methyl sites for hydroxylation is 1. The Morgan fingerprint density at radius 1 is 1.19 bits per heavy atom. The van der Waals surface area contributed by atoms with Gasteiger partial charge in [-0.05, 0) is 25.1 Å². The minimum Gasteiger partial charge on any atom is -0.464 e. The van der Waals surface area contributed by atoms with Crippen LogP contribution in [0.2, 0.25) is 0 Å². The molecule has 0 aliphatic heterocycles. The average Bonchev–Trinajstić information content (AvgIpc) is 3.45. The number of esters is 1. The molecule has 3 rings (SSSR count). The first-order valence-electron chi connectivity index (χ1n) is 8.93. The summed E-state index contributed by atoms with van der Waals surface area (Å²) >= 11 is 0. The molecule has 0 atom stereocenters. The van der Waals surface area contributed by atoms with E-state index in [2.05, 4.69) is 20.3 Å². The number of anilines is 1. The summed E-state index contributed by atoms with van der Waals surface area (Å²) in [5.41, 5.74) is -1.51. The SMILES string of the molecule is CCn1cc(NC(=O)c2ccc(Cn3nc(C(F)F)cc3C(F)F)o2)c(C(=O)OC)n1. The van der Waals surface area contributed by atoms with Crippen LogP contribution in [0, 0.1) is 0 Å². The van der Waals surface area contributed by atoms with Gasteiger partial charge >= 0.3 is 5.97 Å². The first-order chi connectivity index (χ1) is 14.7. The molecule has 1 N–H and O–H groups in total. The Balaban J connectivity index is 1.78. The Morgan fingerprint density at radius 3 is 2.55 bits per heavy atom. The molecule has 0 radical (unpaired) electrons. The summed E-state index contributed by atoms with van der Waals surface area (Å²) in [5, 5.41) is 9.93. The maximum atomic E-state index is 13.1. The van der Waals surface area contributed by atoms with Gasteiger partial charge < -0.3 is 14.5 Å². The van der Waals surface area contributed by atoms with Crippen LogP contribution >= 0.6 is 0 Å². The van der Waals surface area contributed by atoms with Gasteiger partial charge in [0.2, 0.25) is 0 Å². The van der Waals surface area contributed by atoms with E-state index in [1.807, 2.05) is 0 Å².